The summed E-state index contributed by atoms with van der Waals surface area (Å²) in [7, 11) is 0. The van der Waals surface area contributed by atoms with E-state index in [0.717, 1.165) is 31.4 Å². The van der Waals surface area contributed by atoms with Crippen molar-refractivity contribution >= 4 is 17.6 Å². The van der Waals surface area contributed by atoms with Crippen molar-refractivity contribution in [3.05, 3.63) is 66.2 Å². The number of likely N-dealkylation sites (tertiary alicyclic amines) is 1. The molecule has 0 saturated carbocycles. The third kappa shape index (κ3) is 6.93. The van der Waals surface area contributed by atoms with E-state index in [1.807, 2.05) is 53.4 Å². The van der Waals surface area contributed by atoms with Gasteiger partial charge in [-0.05, 0) is 56.2 Å². The summed E-state index contributed by atoms with van der Waals surface area (Å²) >= 11 is 0. The number of nitrogens with one attached hydrogen (secondary N) is 2. The number of para-hydroxylation sites is 1. The predicted molar refractivity (Wildman–Crippen MR) is 117 cm³/mol. The lowest BCUT2D eigenvalue weighted by Crippen LogP contribution is -2.42. The zero-order valence-electron chi connectivity index (χ0n) is 17.1. The molecule has 1 heterocycles. The third-order valence-corrected chi connectivity index (χ3v) is 5.52. The molecule has 0 radical (unpaired) electrons. The van der Waals surface area contributed by atoms with Gasteiger partial charge in [-0.2, -0.15) is 0 Å². The maximum atomic E-state index is 12.4. The minimum Gasteiger partial charge on any atom is -0.354 e. The largest absolute Gasteiger partial charge is 0.354 e. The van der Waals surface area contributed by atoms with Gasteiger partial charge < -0.3 is 15.5 Å². The number of carbonyl (C=O) groups is 2. The van der Waals surface area contributed by atoms with Crippen molar-refractivity contribution in [2.24, 2.45) is 5.92 Å². The van der Waals surface area contributed by atoms with E-state index in [1.165, 1.54) is 5.56 Å². The predicted octanol–water partition coefficient (Wildman–Crippen LogP) is 4.46. The molecule has 2 N–H and O–H groups in total. The van der Waals surface area contributed by atoms with Crippen molar-refractivity contribution in [1.29, 1.82) is 0 Å². The molecular weight excluding hydrogens is 362 g/mol. The summed E-state index contributed by atoms with van der Waals surface area (Å²) in [5.41, 5.74) is 2.11. The van der Waals surface area contributed by atoms with Gasteiger partial charge in [-0.1, -0.05) is 48.5 Å². The van der Waals surface area contributed by atoms with Gasteiger partial charge in [0.15, 0.2) is 0 Å². The Bertz CT molecular complexity index is 771. The van der Waals surface area contributed by atoms with Crippen molar-refractivity contribution in [2.75, 3.05) is 18.4 Å². The van der Waals surface area contributed by atoms with Crippen LogP contribution in [0.3, 0.4) is 0 Å². The van der Waals surface area contributed by atoms with Gasteiger partial charge in [0.05, 0.1) is 0 Å². The molecule has 1 unspecified atom stereocenters. The number of aryl methyl sites for hydroxylation is 1. The van der Waals surface area contributed by atoms with Crippen LogP contribution in [0.1, 0.15) is 38.2 Å². The van der Waals surface area contributed by atoms with E-state index in [2.05, 4.69) is 29.7 Å². The Kier molecular flexibility index (Phi) is 7.68. The number of urea groups is 1. The zero-order chi connectivity index (χ0) is 20.5. The Morgan fingerprint density at radius 3 is 2.28 bits per heavy atom. The number of benzene rings is 2. The van der Waals surface area contributed by atoms with E-state index >= 15 is 0 Å². The van der Waals surface area contributed by atoms with E-state index in [0.29, 0.717) is 25.4 Å². The summed E-state index contributed by atoms with van der Waals surface area (Å²) in [4.78, 5) is 26.6. The molecule has 0 aromatic heterocycles. The van der Waals surface area contributed by atoms with Crippen molar-refractivity contribution in [3.8, 4) is 0 Å². The standard InChI is InChI=1S/C24H31N3O2/c1-19(12-13-20-8-4-2-5-9-20)25-23(28)18-21-14-16-27(17-15-21)24(29)26-22-10-6-3-7-11-22/h2-11,19,21H,12-18H2,1H3,(H,25,28)(H,26,29). The van der Waals surface area contributed by atoms with E-state index in [9.17, 15) is 9.59 Å². The van der Waals surface area contributed by atoms with Gasteiger partial charge in [0.1, 0.15) is 0 Å². The molecule has 154 valence electrons. The normalized spacial score (nSPS) is 15.6. The number of hydrogen-bond acceptors (Lipinski definition) is 2. The summed E-state index contributed by atoms with van der Waals surface area (Å²) in [6.45, 7) is 3.46. The number of piperidine rings is 1. The highest BCUT2D eigenvalue weighted by molar-refractivity contribution is 5.89. The Labute approximate surface area is 173 Å². The molecule has 5 heteroatoms. The summed E-state index contributed by atoms with van der Waals surface area (Å²) in [5.74, 6) is 0.467. The topological polar surface area (TPSA) is 61.4 Å². The van der Waals surface area contributed by atoms with Gasteiger partial charge in [-0.15, -0.1) is 0 Å². The Morgan fingerprint density at radius 2 is 1.62 bits per heavy atom. The van der Waals surface area contributed by atoms with Gasteiger partial charge in [0.25, 0.3) is 0 Å². The summed E-state index contributed by atoms with van der Waals surface area (Å²) in [5, 5.41) is 6.06. The highest BCUT2D eigenvalue weighted by Gasteiger charge is 2.24. The highest BCUT2D eigenvalue weighted by atomic mass is 16.2. The van der Waals surface area contributed by atoms with Crippen molar-refractivity contribution in [1.82, 2.24) is 10.2 Å². The van der Waals surface area contributed by atoms with Gasteiger partial charge in [-0.25, -0.2) is 4.79 Å². The average molecular weight is 394 g/mol. The fourth-order valence-corrected chi connectivity index (χ4v) is 3.76. The summed E-state index contributed by atoms with van der Waals surface area (Å²) in [6.07, 6.45) is 4.19. The minimum atomic E-state index is -0.0614. The second-order valence-corrected chi connectivity index (χ2v) is 7.92. The number of rotatable bonds is 7. The monoisotopic (exact) mass is 393 g/mol. The van der Waals surface area contributed by atoms with Crippen LogP contribution in [0.2, 0.25) is 0 Å². The summed E-state index contributed by atoms with van der Waals surface area (Å²) < 4.78 is 0. The van der Waals surface area contributed by atoms with Crippen LogP contribution >= 0.6 is 0 Å². The minimum absolute atomic E-state index is 0.0614. The van der Waals surface area contributed by atoms with E-state index in [-0.39, 0.29) is 18.0 Å². The highest BCUT2D eigenvalue weighted by Crippen LogP contribution is 2.21. The lowest BCUT2D eigenvalue weighted by molar-refractivity contribution is -0.122. The quantitative estimate of drug-likeness (QED) is 0.730. The maximum absolute atomic E-state index is 12.4. The van der Waals surface area contributed by atoms with Crippen LogP contribution in [-0.4, -0.2) is 36.0 Å². The molecule has 1 saturated heterocycles. The van der Waals surface area contributed by atoms with Crippen LogP contribution in [0.15, 0.2) is 60.7 Å². The van der Waals surface area contributed by atoms with Crippen molar-refractivity contribution in [3.63, 3.8) is 0 Å². The molecule has 29 heavy (non-hydrogen) atoms. The second-order valence-electron chi connectivity index (χ2n) is 7.92. The molecule has 1 aliphatic heterocycles. The first-order chi connectivity index (χ1) is 14.1. The maximum Gasteiger partial charge on any atom is 0.321 e. The Balaban J connectivity index is 1.34. The molecule has 0 aliphatic carbocycles. The van der Waals surface area contributed by atoms with Gasteiger partial charge in [0.2, 0.25) is 5.91 Å². The van der Waals surface area contributed by atoms with Crippen LogP contribution in [0.25, 0.3) is 0 Å². The van der Waals surface area contributed by atoms with Crippen molar-refractivity contribution < 1.29 is 9.59 Å². The molecule has 2 aromatic rings. The number of hydrogen-bond donors (Lipinski definition) is 2. The molecule has 1 aliphatic rings. The molecule has 2 aromatic carbocycles. The molecule has 3 amide bonds. The lowest BCUT2D eigenvalue weighted by atomic mass is 9.93. The SMILES string of the molecule is CC(CCc1ccccc1)NC(=O)CC1CCN(C(=O)Nc2ccccc2)CC1. The first-order valence-electron chi connectivity index (χ1n) is 10.5. The number of carbonyl (C=O) groups excluding carboxylic acids is 2. The first-order valence-corrected chi connectivity index (χ1v) is 10.5. The smallest absolute Gasteiger partial charge is 0.321 e. The molecule has 1 atom stereocenters. The fourth-order valence-electron chi connectivity index (χ4n) is 3.76. The number of amides is 3. The average Bonchev–Trinajstić information content (AvgIpc) is 2.74. The Hall–Kier alpha value is -2.82. The van der Waals surface area contributed by atoms with Crippen LogP contribution < -0.4 is 10.6 Å². The molecule has 0 bridgehead atoms. The van der Waals surface area contributed by atoms with Crippen LogP contribution in [0.5, 0.6) is 0 Å². The van der Waals surface area contributed by atoms with E-state index in [4.69, 9.17) is 0 Å². The van der Waals surface area contributed by atoms with E-state index in [1.54, 1.807) is 0 Å². The summed E-state index contributed by atoms with van der Waals surface area (Å²) in [6, 6.07) is 20.0. The number of nitrogens with zero attached hydrogens (tertiary/aromatic N) is 1. The van der Waals surface area contributed by atoms with Crippen LogP contribution in [0.4, 0.5) is 10.5 Å². The van der Waals surface area contributed by atoms with E-state index < -0.39 is 0 Å². The zero-order valence-corrected chi connectivity index (χ0v) is 17.1. The third-order valence-electron chi connectivity index (χ3n) is 5.52. The van der Waals surface area contributed by atoms with Gasteiger partial charge >= 0.3 is 6.03 Å². The molecular formula is C24H31N3O2. The van der Waals surface area contributed by atoms with Crippen LogP contribution in [0, 0.1) is 5.92 Å². The lowest BCUT2D eigenvalue weighted by Gasteiger charge is -2.32. The number of anilines is 1. The van der Waals surface area contributed by atoms with Crippen LogP contribution in [-0.2, 0) is 11.2 Å². The first kappa shape index (κ1) is 20.9. The fraction of sp³-hybridized carbons (Fsp3) is 0.417. The Morgan fingerprint density at radius 1 is 1.00 bits per heavy atom. The molecule has 1 fully saturated rings. The van der Waals surface area contributed by atoms with Gasteiger partial charge in [-0.3, -0.25) is 4.79 Å². The molecule has 0 spiro atoms. The molecule has 3 rings (SSSR count). The second kappa shape index (κ2) is 10.6. The van der Waals surface area contributed by atoms with Gasteiger partial charge in [0, 0.05) is 31.2 Å². The van der Waals surface area contributed by atoms with Crippen molar-refractivity contribution in [2.45, 2.75) is 45.1 Å². The molecule has 5 nitrogen and oxygen atoms in total.